The van der Waals surface area contributed by atoms with Gasteiger partial charge in [-0.05, 0) is 51.9 Å². The van der Waals surface area contributed by atoms with Gasteiger partial charge >= 0.3 is 5.97 Å². The summed E-state index contributed by atoms with van der Waals surface area (Å²) in [4.78, 5) is 11.7. The fourth-order valence-corrected chi connectivity index (χ4v) is 2.65. The van der Waals surface area contributed by atoms with Gasteiger partial charge in [0.25, 0.3) is 0 Å². The highest BCUT2D eigenvalue weighted by atomic mass is 16.5. The first-order chi connectivity index (χ1) is 12.2. The topological polar surface area (TPSA) is 46.5 Å². The van der Waals surface area contributed by atoms with Crippen molar-refractivity contribution < 1.29 is 14.6 Å². The number of carboxylic acids is 1. The third kappa shape index (κ3) is 3.96. The van der Waals surface area contributed by atoms with E-state index in [9.17, 15) is 9.90 Å². The Morgan fingerprint density at radius 2 is 1.52 bits per heavy atom. The Kier molecular flexibility index (Phi) is 4.95. The lowest BCUT2D eigenvalue weighted by Crippen LogP contribution is -2.31. The van der Waals surface area contributed by atoms with Crippen molar-refractivity contribution in [3.8, 4) is 5.75 Å². The van der Waals surface area contributed by atoms with Gasteiger partial charge in [-0.2, -0.15) is 0 Å². The first-order valence-electron chi connectivity index (χ1n) is 7.92. The zero-order valence-corrected chi connectivity index (χ0v) is 13.8. The Labute approximate surface area is 146 Å². The SMILES string of the molecule is COc1ccc(C=c2c(C(=O)O)cccc2=Cc2ccccc2)cc1. The molecule has 124 valence electrons. The third-order valence-electron chi connectivity index (χ3n) is 3.92. The van der Waals surface area contributed by atoms with Gasteiger partial charge in [0.2, 0.25) is 0 Å². The minimum Gasteiger partial charge on any atom is -0.497 e. The molecule has 0 bridgehead atoms. The molecule has 0 unspecified atom stereocenters. The zero-order chi connectivity index (χ0) is 17.6. The minimum absolute atomic E-state index is 0.278. The third-order valence-corrected chi connectivity index (χ3v) is 3.92. The standard InChI is InChI=1S/C22H18O3/c1-25-19-12-10-17(11-13-19)15-21-18(8-5-9-20(21)22(23)24)14-16-6-3-2-4-7-16/h2-15H,1H3,(H,23,24). The van der Waals surface area contributed by atoms with Crippen LogP contribution in [0.2, 0.25) is 0 Å². The fourth-order valence-electron chi connectivity index (χ4n) is 2.65. The average molecular weight is 330 g/mol. The minimum atomic E-state index is -0.942. The van der Waals surface area contributed by atoms with E-state index in [2.05, 4.69) is 0 Å². The second-order valence-electron chi connectivity index (χ2n) is 5.59. The summed E-state index contributed by atoms with van der Waals surface area (Å²) in [6, 6.07) is 22.7. The van der Waals surface area contributed by atoms with E-state index >= 15 is 0 Å². The van der Waals surface area contributed by atoms with Gasteiger partial charge in [0.05, 0.1) is 12.7 Å². The summed E-state index contributed by atoms with van der Waals surface area (Å²) in [6.07, 6.45) is 3.87. The van der Waals surface area contributed by atoms with Gasteiger partial charge in [0.15, 0.2) is 0 Å². The molecule has 0 radical (unpaired) electrons. The van der Waals surface area contributed by atoms with E-state index in [1.165, 1.54) is 0 Å². The summed E-state index contributed by atoms with van der Waals surface area (Å²) in [7, 11) is 1.62. The number of hydrogen-bond acceptors (Lipinski definition) is 2. The first kappa shape index (κ1) is 16.5. The molecule has 0 aliphatic heterocycles. The summed E-state index contributed by atoms with van der Waals surface area (Å²) in [5.74, 6) is -0.178. The number of methoxy groups -OCH3 is 1. The molecule has 0 saturated heterocycles. The van der Waals surface area contributed by atoms with Crippen LogP contribution in [0.4, 0.5) is 0 Å². The van der Waals surface area contributed by atoms with Crippen molar-refractivity contribution in [1.82, 2.24) is 0 Å². The molecule has 25 heavy (non-hydrogen) atoms. The van der Waals surface area contributed by atoms with Gasteiger partial charge in [-0.3, -0.25) is 0 Å². The van der Waals surface area contributed by atoms with Crippen LogP contribution in [0.1, 0.15) is 21.5 Å². The van der Waals surface area contributed by atoms with Gasteiger partial charge in [0.1, 0.15) is 5.75 Å². The van der Waals surface area contributed by atoms with Crippen LogP contribution in [0.5, 0.6) is 5.75 Å². The maximum absolute atomic E-state index is 11.7. The van der Waals surface area contributed by atoms with E-state index in [-0.39, 0.29) is 5.56 Å². The Morgan fingerprint density at radius 1 is 0.840 bits per heavy atom. The molecule has 0 fully saturated rings. The fraction of sp³-hybridized carbons (Fsp3) is 0.0455. The van der Waals surface area contributed by atoms with Crippen molar-refractivity contribution in [3.05, 3.63) is 99.9 Å². The second-order valence-corrected chi connectivity index (χ2v) is 5.59. The van der Waals surface area contributed by atoms with E-state index in [1.54, 1.807) is 19.2 Å². The van der Waals surface area contributed by atoms with Crippen LogP contribution in [0.3, 0.4) is 0 Å². The largest absolute Gasteiger partial charge is 0.497 e. The van der Waals surface area contributed by atoms with Gasteiger partial charge in [-0.1, -0.05) is 54.6 Å². The molecule has 3 aromatic carbocycles. The number of carbonyl (C=O) groups is 1. The van der Waals surface area contributed by atoms with Crippen molar-refractivity contribution in [3.63, 3.8) is 0 Å². The van der Waals surface area contributed by atoms with E-state index in [1.807, 2.05) is 72.8 Å². The molecule has 3 nitrogen and oxygen atoms in total. The molecule has 0 spiro atoms. The summed E-state index contributed by atoms with van der Waals surface area (Å²) in [5.41, 5.74) is 2.21. The molecule has 0 aliphatic rings. The highest BCUT2D eigenvalue weighted by molar-refractivity contribution is 5.88. The quantitative estimate of drug-likeness (QED) is 0.800. The first-order valence-corrected chi connectivity index (χ1v) is 7.92. The van der Waals surface area contributed by atoms with E-state index in [0.717, 1.165) is 22.1 Å². The molecule has 0 atom stereocenters. The van der Waals surface area contributed by atoms with Crippen molar-refractivity contribution in [2.24, 2.45) is 0 Å². The van der Waals surface area contributed by atoms with Crippen LogP contribution >= 0.6 is 0 Å². The van der Waals surface area contributed by atoms with Crippen molar-refractivity contribution in [2.45, 2.75) is 0 Å². The van der Waals surface area contributed by atoms with Crippen LogP contribution in [0.25, 0.3) is 12.2 Å². The van der Waals surface area contributed by atoms with Crippen molar-refractivity contribution in [2.75, 3.05) is 7.11 Å². The molecule has 0 saturated carbocycles. The van der Waals surface area contributed by atoms with E-state index in [4.69, 9.17) is 4.74 Å². The molecule has 1 N–H and O–H groups in total. The molecule has 0 heterocycles. The Hall–Kier alpha value is -3.33. The highest BCUT2D eigenvalue weighted by Crippen LogP contribution is 2.11. The molecule has 3 heteroatoms. The number of hydrogen-bond donors (Lipinski definition) is 1. The predicted octanol–water partition coefficient (Wildman–Crippen LogP) is 3.05. The number of ether oxygens (including phenoxy) is 1. The summed E-state index contributed by atoms with van der Waals surface area (Å²) in [5, 5.41) is 11.1. The lowest BCUT2D eigenvalue weighted by Gasteiger charge is -2.02. The monoisotopic (exact) mass is 330 g/mol. The predicted molar refractivity (Wildman–Crippen MR) is 99.2 cm³/mol. The van der Waals surface area contributed by atoms with Crippen molar-refractivity contribution >= 4 is 18.1 Å². The van der Waals surface area contributed by atoms with Crippen molar-refractivity contribution in [1.29, 1.82) is 0 Å². The Balaban J connectivity index is 2.23. The zero-order valence-electron chi connectivity index (χ0n) is 13.8. The number of rotatable bonds is 4. The van der Waals surface area contributed by atoms with Crippen LogP contribution in [0, 0.1) is 0 Å². The molecule has 3 rings (SSSR count). The lowest BCUT2D eigenvalue weighted by molar-refractivity contribution is 0.0695. The maximum atomic E-state index is 11.7. The number of aromatic carboxylic acids is 1. The van der Waals surface area contributed by atoms with Crippen LogP contribution in [-0.4, -0.2) is 18.2 Å². The van der Waals surface area contributed by atoms with E-state index < -0.39 is 5.97 Å². The summed E-state index contributed by atoms with van der Waals surface area (Å²) < 4.78 is 5.17. The number of carboxylic acid groups (broad SMARTS) is 1. The smallest absolute Gasteiger partial charge is 0.336 e. The van der Waals surface area contributed by atoms with Gasteiger partial charge in [-0.15, -0.1) is 0 Å². The number of benzene rings is 3. The van der Waals surface area contributed by atoms with Crippen LogP contribution < -0.4 is 15.2 Å². The second kappa shape index (κ2) is 7.49. The molecular weight excluding hydrogens is 312 g/mol. The normalized spacial score (nSPS) is 12.2. The van der Waals surface area contributed by atoms with E-state index in [0.29, 0.717) is 5.22 Å². The average Bonchev–Trinajstić information content (AvgIpc) is 2.64. The van der Waals surface area contributed by atoms with Crippen LogP contribution in [-0.2, 0) is 0 Å². The van der Waals surface area contributed by atoms with Crippen LogP contribution in [0.15, 0.2) is 72.8 Å². The molecule has 3 aromatic rings. The summed E-state index contributed by atoms with van der Waals surface area (Å²) >= 11 is 0. The summed E-state index contributed by atoms with van der Waals surface area (Å²) in [6.45, 7) is 0. The van der Waals surface area contributed by atoms with Gasteiger partial charge in [0, 0.05) is 0 Å². The molecule has 0 aliphatic carbocycles. The molecular formula is C22H18O3. The van der Waals surface area contributed by atoms with Gasteiger partial charge < -0.3 is 9.84 Å². The maximum Gasteiger partial charge on any atom is 0.336 e. The molecule has 0 amide bonds. The Bertz CT molecular complexity index is 988. The lowest BCUT2D eigenvalue weighted by atomic mass is 10.0. The Morgan fingerprint density at radius 3 is 2.16 bits per heavy atom. The highest BCUT2D eigenvalue weighted by Gasteiger charge is 2.05. The molecule has 0 aromatic heterocycles. The van der Waals surface area contributed by atoms with Gasteiger partial charge in [-0.25, -0.2) is 4.79 Å².